The van der Waals surface area contributed by atoms with Gasteiger partial charge in [-0.05, 0) is 0 Å². The highest BCUT2D eigenvalue weighted by Gasteiger charge is 2.24. The highest BCUT2D eigenvalue weighted by molar-refractivity contribution is 5.87. The van der Waals surface area contributed by atoms with Gasteiger partial charge in [0.15, 0.2) is 0 Å². The number of carbonyl (C=O) groups excluding carboxylic acids is 2. The van der Waals surface area contributed by atoms with Crippen molar-refractivity contribution in [1.29, 1.82) is 0 Å². The molecule has 3 amide bonds. The Morgan fingerprint density at radius 1 is 0.842 bits per heavy atom. The molecule has 2 N–H and O–H groups in total. The Morgan fingerprint density at radius 2 is 1.26 bits per heavy atom. The number of aliphatic carboxylic acids is 2. The van der Waals surface area contributed by atoms with Gasteiger partial charge in [-0.3, -0.25) is 14.4 Å². The SMILES string of the molecule is CN(C)C(=O)CN(C)C(=O)N(CC(=O)O)CC(=O)O. The molecule has 0 bridgehead atoms. The van der Waals surface area contributed by atoms with E-state index in [4.69, 9.17) is 10.2 Å². The van der Waals surface area contributed by atoms with Crippen molar-refractivity contribution < 1.29 is 29.4 Å². The number of carbonyl (C=O) groups is 4. The molecular formula is C10H17N3O6. The third-order valence-corrected chi connectivity index (χ3v) is 2.12. The molecule has 0 aliphatic carbocycles. The maximum Gasteiger partial charge on any atom is 0.323 e. The fourth-order valence-electron chi connectivity index (χ4n) is 1.17. The van der Waals surface area contributed by atoms with E-state index in [1.807, 2.05) is 0 Å². The van der Waals surface area contributed by atoms with Gasteiger partial charge in [-0.25, -0.2) is 4.79 Å². The van der Waals surface area contributed by atoms with Crippen LogP contribution in [0.3, 0.4) is 0 Å². The summed E-state index contributed by atoms with van der Waals surface area (Å²) in [6.07, 6.45) is 0. The van der Waals surface area contributed by atoms with Crippen molar-refractivity contribution in [3.05, 3.63) is 0 Å². The van der Waals surface area contributed by atoms with Crippen molar-refractivity contribution in [2.45, 2.75) is 0 Å². The molecule has 0 rings (SSSR count). The number of amides is 3. The van der Waals surface area contributed by atoms with Crippen molar-refractivity contribution in [3.8, 4) is 0 Å². The van der Waals surface area contributed by atoms with E-state index in [0.717, 1.165) is 4.90 Å². The Hall–Kier alpha value is -2.32. The third-order valence-electron chi connectivity index (χ3n) is 2.12. The van der Waals surface area contributed by atoms with Gasteiger partial charge >= 0.3 is 18.0 Å². The Morgan fingerprint density at radius 3 is 1.58 bits per heavy atom. The van der Waals surface area contributed by atoms with E-state index in [0.29, 0.717) is 4.90 Å². The van der Waals surface area contributed by atoms with Crippen LogP contribution in [0.1, 0.15) is 0 Å². The molecule has 0 aliphatic rings. The van der Waals surface area contributed by atoms with E-state index in [9.17, 15) is 19.2 Å². The van der Waals surface area contributed by atoms with E-state index in [1.165, 1.54) is 26.0 Å². The fraction of sp³-hybridized carbons (Fsp3) is 0.600. The van der Waals surface area contributed by atoms with Crippen molar-refractivity contribution in [2.24, 2.45) is 0 Å². The molecule has 9 nitrogen and oxygen atoms in total. The second kappa shape index (κ2) is 7.19. The zero-order chi connectivity index (χ0) is 15.2. The number of hydrogen-bond acceptors (Lipinski definition) is 4. The summed E-state index contributed by atoms with van der Waals surface area (Å²) in [4.78, 5) is 47.2. The van der Waals surface area contributed by atoms with Crippen molar-refractivity contribution in [2.75, 3.05) is 40.8 Å². The smallest absolute Gasteiger partial charge is 0.323 e. The molecule has 0 saturated heterocycles. The number of rotatable bonds is 6. The monoisotopic (exact) mass is 275 g/mol. The lowest BCUT2D eigenvalue weighted by Crippen LogP contribution is -2.48. The van der Waals surface area contributed by atoms with E-state index in [2.05, 4.69) is 0 Å². The van der Waals surface area contributed by atoms with Crippen LogP contribution in [0.25, 0.3) is 0 Å². The average molecular weight is 275 g/mol. The largest absolute Gasteiger partial charge is 0.480 e. The van der Waals surface area contributed by atoms with Crippen molar-refractivity contribution in [3.63, 3.8) is 0 Å². The Kier molecular flexibility index (Phi) is 6.31. The van der Waals surface area contributed by atoms with Crippen LogP contribution in [-0.2, 0) is 14.4 Å². The topological polar surface area (TPSA) is 118 Å². The van der Waals surface area contributed by atoms with Crippen molar-refractivity contribution >= 4 is 23.9 Å². The predicted octanol–water partition coefficient (Wildman–Crippen LogP) is -1.40. The van der Waals surface area contributed by atoms with Crippen LogP contribution in [0.15, 0.2) is 0 Å². The fourth-order valence-corrected chi connectivity index (χ4v) is 1.17. The van der Waals surface area contributed by atoms with Crippen LogP contribution in [0, 0.1) is 0 Å². The number of nitrogens with zero attached hydrogens (tertiary/aromatic N) is 3. The zero-order valence-electron chi connectivity index (χ0n) is 11.0. The maximum absolute atomic E-state index is 11.8. The minimum absolute atomic E-state index is 0.262. The first-order valence-electron chi connectivity index (χ1n) is 5.29. The molecule has 0 spiro atoms. The lowest BCUT2D eigenvalue weighted by molar-refractivity contribution is -0.140. The van der Waals surface area contributed by atoms with Gasteiger partial charge in [0.2, 0.25) is 5.91 Å². The zero-order valence-corrected chi connectivity index (χ0v) is 11.0. The van der Waals surface area contributed by atoms with Gasteiger partial charge in [-0.15, -0.1) is 0 Å². The minimum Gasteiger partial charge on any atom is -0.480 e. The second-order valence-electron chi connectivity index (χ2n) is 4.07. The normalized spacial score (nSPS) is 9.63. The molecular weight excluding hydrogens is 258 g/mol. The Bertz CT molecular complexity index is 365. The summed E-state index contributed by atoms with van der Waals surface area (Å²) in [7, 11) is 4.31. The summed E-state index contributed by atoms with van der Waals surface area (Å²) in [6, 6.07) is -0.833. The van der Waals surface area contributed by atoms with E-state index < -0.39 is 31.1 Å². The summed E-state index contributed by atoms with van der Waals surface area (Å²) < 4.78 is 0. The lowest BCUT2D eigenvalue weighted by Gasteiger charge is -2.26. The van der Waals surface area contributed by atoms with Crippen LogP contribution >= 0.6 is 0 Å². The van der Waals surface area contributed by atoms with E-state index in [-0.39, 0.29) is 12.5 Å². The number of carboxylic acid groups (broad SMARTS) is 2. The van der Waals surface area contributed by atoms with Gasteiger partial charge in [0.1, 0.15) is 19.6 Å². The third kappa shape index (κ3) is 6.24. The molecule has 19 heavy (non-hydrogen) atoms. The number of urea groups is 1. The predicted molar refractivity (Wildman–Crippen MR) is 63.6 cm³/mol. The van der Waals surface area contributed by atoms with Crippen LogP contribution in [0.2, 0.25) is 0 Å². The molecule has 0 unspecified atom stereocenters. The summed E-state index contributed by atoms with van der Waals surface area (Å²) >= 11 is 0. The molecule has 0 fully saturated rings. The molecule has 0 aromatic heterocycles. The van der Waals surface area contributed by atoms with Crippen molar-refractivity contribution in [1.82, 2.24) is 14.7 Å². The highest BCUT2D eigenvalue weighted by atomic mass is 16.4. The highest BCUT2D eigenvalue weighted by Crippen LogP contribution is 1.98. The van der Waals surface area contributed by atoms with Crippen LogP contribution in [-0.4, -0.2) is 89.6 Å². The average Bonchev–Trinajstić information content (AvgIpc) is 2.25. The summed E-state index contributed by atoms with van der Waals surface area (Å²) in [6.45, 7) is -1.75. The summed E-state index contributed by atoms with van der Waals surface area (Å²) in [5.74, 6) is -3.02. The molecule has 0 radical (unpaired) electrons. The Labute approximate surface area is 110 Å². The molecule has 0 heterocycles. The molecule has 0 aliphatic heterocycles. The molecule has 0 atom stereocenters. The number of carboxylic acids is 2. The summed E-state index contributed by atoms with van der Waals surface area (Å²) in [5.41, 5.74) is 0. The Balaban J connectivity index is 4.73. The standard InChI is InChI=1S/C10H17N3O6/c1-11(2)7(14)4-12(3)10(19)13(5-8(15)16)6-9(17)18/h4-6H2,1-3H3,(H,15,16)(H,17,18). The molecule has 9 heteroatoms. The van der Waals surface area contributed by atoms with Crippen LogP contribution < -0.4 is 0 Å². The van der Waals surface area contributed by atoms with Gasteiger partial charge in [0.05, 0.1) is 0 Å². The molecule has 108 valence electrons. The maximum atomic E-state index is 11.8. The van der Waals surface area contributed by atoms with Gasteiger partial charge in [-0.1, -0.05) is 0 Å². The number of likely N-dealkylation sites (N-methyl/N-ethyl adjacent to an activating group) is 2. The quantitative estimate of drug-likeness (QED) is 0.615. The van der Waals surface area contributed by atoms with Crippen LogP contribution in [0.5, 0.6) is 0 Å². The van der Waals surface area contributed by atoms with E-state index >= 15 is 0 Å². The van der Waals surface area contributed by atoms with Gasteiger partial charge in [0.25, 0.3) is 0 Å². The summed E-state index contributed by atoms with van der Waals surface area (Å²) in [5, 5.41) is 17.2. The molecule has 0 aromatic rings. The van der Waals surface area contributed by atoms with Gasteiger partial charge in [0, 0.05) is 21.1 Å². The van der Waals surface area contributed by atoms with Gasteiger partial charge in [-0.2, -0.15) is 0 Å². The van der Waals surface area contributed by atoms with Crippen LogP contribution in [0.4, 0.5) is 4.79 Å². The second-order valence-corrected chi connectivity index (χ2v) is 4.07. The molecule has 0 saturated carbocycles. The minimum atomic E-state index is -1.33. The number of hydrogen-bond donors (Lipinski definition) is 2. The molecule has 0 aromatic carbocycles. The first-order valence-corrected chi connectivity index (χ1v) is 5.29. The first kappa shape index (κ1) is 16.7. The van der Waals surface area contributed by atoms with E-state index in [1.54, 1.807) is 0 Å². The first-order chi connectivity index (χ1) is 8.65. The lowest BCUT2D eigenvalue weighted by atomic mass is 10.4. The van der Waals surface area contributed by atoms with Gasteiger partial charge < -0.3 is 24.9 Å².